The minimum atomic E-state index is -4.20. The zero-order chi connectivity index (χ0) is 16.1. The van der Waals surface area contributed by atoms with Crippen LogP contribution in [0.15, 0.2) is 30.3 Å². The van der Waals surface area contributed by atoms with E-state index < -0.39 is 26.7 Å². The first-order valence-corrected chi connectivity index (χ1v) is 8.51. The van der Waals surface area contributed by atoms with Gasteiger partial charge >= 0.3 is 10.3 Å². The van der Waals surface area contributed by atoms with Crippen molar-refractivity contribution in [3.8, 4) is 0 Å². The van der Waals surface area contributed by atoms with Crippen LogP contribution in [0.1, 0.15) is 23.7 Å². The van der Waals surface area contributed by atoms with E-state index in [2.05, 4.69) is 8.91 Å². The number of carbonyl (C=O) groups is 1. The van der Waals surface area contributed by atoms with E-state index in [1.807, 2.05) is 0 Å². The summed E-state index contributed by atoms with van der Waals surface area (Å²) in [4.78, 5) is 12.2. The molecule has 21 heavy (non-hydrogen) atoms. The third kappa shape index (κ3) is 6.95. The number of alkyl halides is 3. The van der Waals surface area contributed by atoms with Gasteiger partial charge in [0.15, 0.2) is 5.78 Å². The Hall–Kier alpha value is -0.370. The molecule has 0 aliphatic carbocycles. The maximum atomic E-state index is 12.2. The molecule has 1 unspecified atom stereocenters. The highest BCUT2D eigenvalue weighted by atomic mass is 35.6. The molecule has 9 heteroatoms. The largest absolute Gasteiger partial charge is 0.336 e. The fraction of sp³-hybridized carbons (Fsp3) is 0.417. The van der Waals surface area contributed by atoms with E-state index >= 15 is 0 Å². The Morgan fingerprint density at radius 2 is 1.86 bits per heavy atom. The Morgan fingerprint density at radius 3 is 2.33 bits per heavy atom. The molecule has 0 amide bonds. The maximum absolute atomic E-state index is 12.2. The van der Waals surface area contributed by atoms with Crippen LogP contribution in [0.2, 0.25) is 0 Å². The summed E-state index contributed by atoms with van der Waals surface area (Å²) in [5, 5.41) is 0. The minimum absolute atomic E-state index is 0.254. The second-order valence-corrected chi connectivity index (χ2v) is 8.04. The molecule has 5 nitrogen and oxygen atoms in total. The molecule has 0 aliphatic rings. The van der Waals surface area contributed by atoms with Crippen molar-refractivity contribution in [3.05, 3.63) is 35.9 Å². The fourth-order valence-corrected chi connectivity index (χ4v) is 2.86. The monoisotopic (exact) mass is 373 g/mol. The summed E-state index contributed by atoms with van der Waals surface area (Å²) >= 11 is 16.2. The van der Waals surface area contributed by atoms with Crippen LogP contribution in [0.25, 0.3) is 0 Å². The van der Waals surface area contributed by atoms with E-state index in [0.717, 1.165) is 0 Å². The zero-order valence-electron chi connectivity index (χ0n) is 11.1. The van der Waals surface area contributed by atoms with Gasteiger partial charge in [-0.3, -0.25) is 8.98 Å². The molecule has 0 saturated carbocycles. The average Bonchev–Trinajstić information content (AvgIpc) is 2.42. The minimum Gasteiger partial charge on any atom is -0.292 e. The van der Waals surface area contributed by atoms with Crippen molar-refractivity contribution in [2.24, 2.45) is 0 Å². The molecular formula is C12H14Cl3NO4S. The molecule has 1 aromatic carbocycles. The van der Waals surface area contributed by atoms with Gasteiger partial charge in [-0.25, -0.2) is 0 Å². The highest BCUT2D eigenvalue weighted by molar-refractivity contribution is 7.84. The molecule has 0 saturated heterocycles. The van der Waals surface area contributed by atoms with Crippen LogP contribution in [0.3, 0.4) is 0 Å². The van der Waals surface area contributed by atoms with E-state index in [1.165, 1.54) is 0 Å². The molecule has 0 aliphatic heterocycles. The van der Waals surface area contributed by atoms with Crippen LogP contribution < -0.4 is 4.72 Å². The van der Waals surface area contributed by atoms with Crippen molar-refractivity contribution in [2.75, 3.05) is 6.61 Å². The summed E-state index contributed by atoms with van der Waals surface area (Å²) in [5.74, 6) is -0.362. The smallest absolute Gasteiger partial charge is 0.292 e. The van der Waals surface area contributed by atoms with E-state index in [1.54, 1.807) is 37.3 Å². The summed E-state index contributed by atoms with van der Waals surface area (Å²) in [6, 6.07) is 7.38. The lowest BCUT2D eigenvalue weighted by Crippen LogP contribution is -2.42. The number of ketones is 1. The molecule has 0 radical (unpaired) electrons. The average molecular weight is 375 g/mol. The Labute approximate surface area is 138 Å². The molecule has 1 atom stereocenters. The van der Waals surface area contributed by atoms with Gasteiger partial charge in [0.25, 0.3) is 0 Å². The highest BCUT2D eigenvalue weighted by Gasteiger charge is 2.28. The van der Waals surface area contributed by atoms with Gasteiger partial charge < -0.3 is 0 Å². The molecule has 0 spiro atoms. The molecule has 0 aromatic heterocycles. The van der Waals surface area contributed by atoms with E-state index in [9.17, 15) is 13.2 Å². The van der Waals surface area contributed by atoms with Gasteiger partial charge in [0.05, 0.1) is 6.04 Å². The molecule has 1 aromatic rings. The van der Waals surface area contributed by atoms with Crippen LogP contribution in [-0.4, -0.2) is 30.6 Å². The number of benzene rings is 1. The first-order chi connectivity index (χ1) is 9.64. The first kappa shape index (κ1) is 18.7. The van der Waals surface area contributed by atoms with E-state index in [0.29, 0.717) is 5.56 Å². The summed E-state index contributed by atoms with van der Waals surface area (Å²) < 4.78 is 28.2. The fourth-order valence-electron chi connectivity index (χ4n) is 1.48. The molecule has 1 rings (SSSR count). The predicted octanol–water partition coefficient (Wildman–Crippen LogP) is 2.87. The van der Waals surface area contributed by atoms with Crippen LogP contribution >= 0.6 is 34.8 Å². The van der Waals surface area contributed by atoms with Gasteiger partial charge in [-0.15, -0.1) is 0 Å². The quantitative estimate of drug-likeness (QED) is 0.588. The van der Waals surface area contributed by atoms with Crippen molar-refractivity contribution < 1.29 is 17.4 Å². The number of hydrogen-bond donors (Lipinski definition) is 1. The van der Waals surface area contributed by atoms with Gasteiger partial charge in [0.1, 0.15) is 6.61 Å². The summed E-state index contributed by atoms with van der Waals surface area (Å²) in [7, 11) is -4.20. The Balaban J connectivity index is 2.76. The molecular weight excluding hydrogens is 361 g/mol. The topological polar surface area (TPSA) is 72.5 Å². The van der Waals surface area contributed by atoms with Crippen LogP contribution in [0, 0.1) is 0 Å². The lowest BCUT2D eigenvalue weighted by atomic mass is 10.0. The molecule has 1 N–H and O–H groups in total. The Bertz CT molecular complexity index is 572. The highest BCUT2D eigenvalue weighted by Crippen LogP contribution is 2.26. The predicted molar refractivity (Wildman–Crippen MR) is 83.1 cm³/mol. The van der Waals surface area contributed by atoms with Crippen LogP contribution in [0.4, 0.5) is 0 Å². The van der Waals surface area contributed by atoms with E-state index in [-0.39, 0.29) is 12.2 Å². The summed E-state index contributed by atoms with van der Waals surface area (Å²) in [6.45, 7) is 1.02. The number of rotatable bonds is 7. The lowest BCUT2D eigenvalue weighted by molar-refractivity contribution is 0.0949. The number of carbonyl (C=O) groups excluding carboxylic acids is 1. The molecule has 118 valence electrons. The van der Waals surface area contributed by atoms with Gasteiger partial charge in [0, 0.05) is 5.56 Å². The summed E-state index contributed by atoms with van der Waals surface area (Å²) in [5.41, 5.74) is 0.397. The molecule has 0 bridgehead atoms. The SMILES string of the molecule is CCC(NS(=O)(=O)OCC(Cl)(Cl)Cl)C(=O)c1ccccc1. The van der Waals surface area contributed by atoms with Gasteiger partial charge in [-0.1, -0.05) is 72.1 Å². The second kappa shape index (κ2) is 7.76. The standard InChI is InChI=1S/C12H14Cl3NO4S/c1-2-10(11(17)9-6-4-3-5-7-9)16-21(18,19)20-8-12(13,14)15/h3-7,10,16H,2,8H2,1H3. The lowest BCUT2D eigenvalue weighted by Gasteiger charge is -2.17. The molecule has 0 heterocycles. The second-order valence-electron chi connectivity index (χ2n) is 4.14. The number of hydrogen-bond acceptors (Lipinski definition) is 4. The third-order valence-electron chi connectivity index (χ3n) is 2.45. The first-order valence-electron chi connectivity index (χ1n) is 5.97. The van der Waals surface area contributed by atoms with Gasteiger partial charge in [0.2, 0.25) is 3.79 Å². The van der Waals surface area contributed by atoms with Crippen molar-refractivity contribution in [1.29, 1.82) is 0 Å². The van der Waals surface area contributed by atoms with Crippen molar-refractivity contribution in [3.63, 3.8) is 0 Å². The van der Waals surface area contributed by atoms with Crippen molar-refractivity contribution in [2.45, 2.75) is 23.2 Å². The zero-order valence-corrected chi connectivity index (χ0v) is 14.1. The van der Waals surface area contributed by atoms with Crippen LogP contribution in [0.5, 0.6) is 0 Å². The normalized spacial score (nSPS) is 13.9. The summed E-state index contributed by atoms with van der Waals surface area (Å²) in [6.07, 6.45) is 0.254. The Kier molecular flexibility index (Phi) is 6.90. The number of nitrogens with one attached hydrogen (secondary N) is 1. The van der Waals surface area contributed by atoms with Crippen molar-refractivity contribution in [1.82, 2.24) is 4.72 Å². The van der Waals surface area contributed by atoms with Crippen LogP contribution in [-0.2, 0) is 14.5 Å². The maximum Gasteiger partial charge on any atom is 0.336 e. The number of Topliss-reactive ketones (excluding diaryl/α,β-unsaturated/α-hetero) is 1. The van der Waals surface area contributed by atoms with Gasteiger partial charge in [-0.2, -0.15) is 13.1 Å². The number of halogens is 3. The van der Waals surface area contributed by atoms with Crippen molar-refractivity contribution >= 4 is 50.9 Å². The molecule has 0 fully saturated rings. The third-order valence-corrected chi connectivity index (χ3v) is 3.78. The van der Waals surface area contributed by atoms with E-state index in [4.69, 9.17) is 34.8 Å². The Morgan fingerprint density at radius 1 is 1.29 bits per heavy atom. The van der Waals surface area contributed by atoms with Gasteiger partial charge in [-0.05, 0) is 6.42 Å².